The first-order valence-electron chi connectivity index (χ1n) is 5.79. The molecule has 0 aliphatic carbocycles. The predicted molar refractivity (Wildman–Crippen MR) is 70.2 cm³/mol. The average Bonchev–Trinajstić information content (AvgIpc) is 2.85. The lowest BCUT2D eigenvalue weighted by molar-refractivity contribution is 0.0955. The molecule has 0 spiro atoms. The molecule has 5 heteroatoms. The highest BCUT2D eigenvalue weighted by Gasteiger charge is 2.09. The van der Waals surface area contributed by atoms with Crippen molar-refractivity contribution in [1.29, 1.82) is 0 Å². The lowest BCUT2D eigenvalue weighted by Gasteiger charge is -2.07. The molecule has 1 aromatic heterocycles. The number of carbonyl (C=O) groups excluding carboxylic acids is 1. The number of nitrogens with zero attached hydrogens (tertiary/aromatic N) is 1. The summed E-state index contributed by atoms with van der Waals surface area (Å²) in [5.74, 6) is 0.704. The summed E-state index contributed by atoms with van der Waals surface area (Å²) in [5, 5.41) is 2.83. The van der Waals surface area contributed by atoms with Crippen LogP contribution in [0.15, 0.2) is 30.6 Å². The lowest BCUT2D eigenvalue weighted by atomic mass is 10.1. The smallest absolute Gasteiger partial charge is 0.253 e. The van der Waals surface area contributed by atoms with E-state index in [1.807, 2.05) is 13.0 Å². The van der Waals surface area contributed by atoms with E-state index in [2.05, 4.69) is 15.3 Å². The van der Waals surface area contributed by atoms with Crippen molar-refractivity contribution in [3.63, 3.8) is 0 Å². The van der Waals surface area contributed by atoms with Crippen molar-refractivity contribution in [2.75, 3.05) is 12.3 Å². The number of rotatable bonds is 4. The highest BCUT2D eigenvalue weighted by molar-refractivity contribution is 5.99. The van der Waals surface area contributed by atoms with E-state index in [-0.39, 0.29) is 5.91 Å². The van der Waals surface area contributed by atoms with Crippen LogP contribution in [0.5, 0.6) is 0 Å². The minimum absolute atomic E-state index is 0.150. The van der Waals surface area contributed by atoms with Gasteiger partial charge in [0.2, 0.25) is 0 Å². The third-order valence-electron chi connectivity index (χ3n) is 2.66. The summed E-state index contributed by atoms with van der Waals surface area (Å²) < 4.78 is 0. The molecule has 0 saturated carbocycles. The van der Waals surface area contributed by atoms with Crippen molar-refractivity contribution in [3.8, 4) is 0 Å². The van der Waals surface area contributed by atoms with Gasteiger partial charge in [0.15, 0.2) is 0 Å². The number of hydrogen-bond acceptors (Lipinski definition) is 3. The van der Waals surface area contributed by atoms with Crippen molar-refractivity contribution in [2.24, 2.45) is 0 Å². The second-order valence-corrected chi connectivity index (χ2v) is 4.13. The number of aryl methyl sites for hydroxylation is 1. The maximum atomic E-state index is 11.9. The summed E-state index contributed by atoms with van der Waals surface area (Å²) in [4.78, 5) is 19.0. The standard InChI is InChI=1S/C13H16N4O/c1-9-2-3-11(14)10(8-9)13(18)17-5-4-12-15-6-7-16-12/h2-3,6-8H,4-5,14H2,1H3,(H,15,16)(H,17,18). The number of anilines is 1. The molecule has 5 nitrogen and oxygen atoms in total. The van der Waals surface area contributed by atoms with Gasteiger partial charge in [0, 0.05) is 31.0 Å². The zero-order valence-electron chi connectivity index (χ0n) is 10.2. The van der Waals surface area contributed by atoms with E-state index in [4.69, 9.17) is 5.73 Å². The molecule has 0 aliphatic heterocycles. The van der Waals surface area contributed by atoms with E-state index < -0.39 is 0 Å². The van der Waals surface area contributed by atoms with Gasteiger partial charge in [0.25, 0.3) is 5.91 Å². The number of carbonyl (C=O) groups is 1. The minimum atomic E-state index is -0.150. The number of aromatic amines is 1. The van der Waals surface area contributed by atoms with Crippen LogP contribution in [0.1, 0.15) is 21.7 Å². The van der Waals surface area contributed by atoms with E-state index in [1.165, 1.54) is 0 Å². The number of nitrogen functional groups attached to an aromatic ring is 1. The van der Waals surface area contributed by atoms with Crippen LogP contribution in [0.3, 0.4) is 0 Å². The first-order valence-corrected chi connectivity index (χ1v) is 5.79. The Kier molecular flexibility index (Phi) is 3.62. The first-order chi connectivity index (χ1) is 8.66. The molecule has 0 saturated heterocycles. The summed E-state index contributed by atoms with van der Waals surface area (Å²) in [5.41, 5.74) is 7.81. The molecule has 1 heterocycles. The molecule has 2 aromatic rings. The topological polar surface area (TPSA) is 83.8 Å². The summed E-state index contributed by atoms with van der Waals surface area (Å²) >= 11 is 0. The Morgan fingerprint density at radius 3 is 3.06 bits per heavy atom. The van der Waals surface area contributed by atoms with Gasteiger partial charge in [-0.25, -0.2) is 4.98 Å². The number of nitrogens with one attached hydrogen (secondary N) is 2. The summed E-state index contributed by atoms with van der Waals surface area (Å²) in [6, 6.07) is 5.42. The monoisotopic (exact) mass is 244 g/mol. The Hall–Kier alpha value is -2.30. The molecule has 0 unspecified atom stereocenters. The largest absolute Gasteiger partial charge is 0.398 e. The van der Waals surface area contributed by atoms with Gasteiger partial charge in [0.05, 0.1) is 5.56 Å². The molecule has 0 atom stereocenters. The molecular formula is C13H16N4O. The SMILES string of the molecule is Cc1ccc(N)c(C(=O)NCCc2ncc[nH]2)c1. The Morgan fingerprint density at radius 2 is 2.33 bits per heavy atom. The Balaban J connectivity index is 1.93. The number of aromatic nitrogens is 2. The van der Waals surface area contributed by atoms with Crippen LogP contribution in [0.4, 0.5) is 5.69 Å². The normalized spacial score (nSPS) is 10.3. The molecule has 1 amide bonds. The van der Waals surface area contributed by atoms with Gasteiger partial charge in [-0.15, -0.1) is 0 Å². The van der Waals surface area contributed by atoms with E-state index in [0.29, 0.717) is 24.2 Å². The fourth-order valence-corrected chi connectivity index (χ4v) is 1.69. The Morgan fingerprint density at radius 1 is 1.50 bits per heavy atom. The first kappa shape index (κ1) is 12.2. The van der Waals surface area contributed by atoms with Gasteiger partial charge >= 0.3 is 0 Å². The van der Waals surface area contributed by atoms with Gasteiger partial charge in [-0.05, 0) is 19.1 Å². The number of nitrogens with two attached hydrogens (primary N) is 1. The van der Waals surface area contributed by atoms with E-state index >= 15 is 0 Å². The third kappa shape index (κ3) is 2.88. The quantitative estimate of drug-likeness (QED) is 0.708. The van der Waals surface area contributed by atoms with E-state index in [0.717, 1.165) is 11.4 Å². The highest BCUT2D eigenvalue weighted by atomic mass is 16.1. The van der Waals surface area contributed by atoms with Crippen LogP contribution in [0, 0.1) is 6.92 Å². The maximum Gasteiger partial charge on any atom is 0.253 e. The van der Waals surface area contributed by atoms with Gasteiger partial charge < -0.3 is 16.0 Å². The number of imidazole rings is 1. The molecular weight excluding hydrogens is 228 g/mol. The van der Waals surface area contributed by atoms with Crippen LogP contribution < -0.4 is 11.1 Å². The summed E-state index contributed by atoms with van der Waals surface area (Å²) in [6.45, 7) is 2.46. The van der Waals surface area contributed by atoms with Gasteiger partial charge in [-0.1, -0.05) is 11.6 Å². The summed E-state index contributed by atoms with van der Waals surface area (Å²) in [7, 11) is 0. The minimum Gasteiger partial charge on any atom is -0.398 e. The Labute approximate surface area is 105 Å². The van der Waals surface area contributed by atoms with Crippen LogP contribution in [0.25, 0.3) is 0 Å². The second kappa shape index (κ2) is 5.35. The average molecular weight is 244 g/mol. The zero-order valence-corrected chi connectivity index (χ0v) is 10.2. The van der Waals surface area contributed by atoms with Crippen LogP contribution in [-0.2, 0) is 6.42 Å². The van der Waals surface area contributed by atoms with Crippen molar-refractivity contribution in [3.05, 3.63) is 47.5 Å². The molecule has 1 aromatic carbocycles. The van der Waals surface area contributed by atoms with Crippen LogP contribution in [-0.4, -0.2) is 22.4 Å². The van der Waals surface area contributed by atoms with Gasteiger partial charge in [0.1, 0.15) is 5.82 Å². The molecule has 18 heavy (non-hydrogen) atoms. The van der Waals surface area contributed by atoms with Gasteiger partial charge in [-0.2, -0.15) is 0 Å². The molecule has 94 valence electrons. The van der Waals surface area contributed by atoms with Crippen molar-refractivity contribution in [2.45, 2.75) is 13.3 Å². The molecule has 0 bridgehead atoms. The van der Waals surface area contributed by atoms with Crippen molar-refractivity contribution < 1.29 is 4.79 Å². The number of benzene rings is 1. The fraction of sp³-hybridized carbons (Fsp3) is 0.231. The zero-order chi connectivity index (χ0) is 13.0. The molecule has 0 radical (unpaired) electrons. The molecule has 0 fully saturated rings. The number of H-pyrrole nitrogens is 1. The highest BCUT2D eigenvalue weighted by Crippen LogP contribution is 2.13. The van der Waals surface area contributed by atoms with E-state index in [9.17, 15) is 4.79 Å². The van der Waals surface area contributed by atoms with Crippen molar-refractivity contribution in [1.82, 2.24) is 15.3 Å². The third-order valence-corrected chi connectivity index (χ3v) is 2.66. The molecule has 0 aliphatic rings. The van der Waals surface area contributed by atoms with Crippen LogP contribution in [0.2, 0.25) is 0 Å². The van der Waals surface area contributed by atoms with Crippen LogP contribution >= 0.6 is 0 Å². The Bertz CT molecular complexity index is 534. The number of hydrogen-bond donors (Lipinski definition) is 3. The second-order valence-electron chi connectivity index (χ2n) is 4.13. The summed E-state index contributed by atoms with van der Waals surface area (Å²) in [6.07, 6.45) is 4.12. The number of amides is 1. The van der Waals surface area contributed by atoms with E-state index in [1.54, 1.807) is 24.5 Å². The lowest BCUT2D eigenvalue weighted by Crippen LogP contribution is -2.26. The van der Waals surface area contributed by atoms with Gasteiger partial charge in [-0.3, -0.25) is 4.79 Å². The maximum absolute atomic E-state index is 11.9. The molecule has 4 N–H and O–H groups in total. The predicted octanol–water partition coefficient (Wildman–Crippen LogP) is 1.27. The fourth-order valence-electron chi connectivity index (χ4n) is 1.69. The van der Waals surface area contributed by atoms with Crippen molar-refractivity contribution >= 4 is 11.6 Å². The molecule has 2 rings (SSSR count).